The number of hydrogen-bond acceptors (Lipinski definition) is 3. The van der Waals surface area contributed by atoms with Crippen molar-refractivity contribution in [1.29, 1.82) is 0 Å². The van der Waals surface area contributed by atoms with Gasteiger partial charge in [-0.3, -0.25) is 0 Å². The molecular weight excluding hydrogens is 417 g/mol. The summed E-state index contributed by atoms with van der Waals surface area (Å²) < 4.78 is 99.2. The van der Waals surface area contributed by atoms with Gasteiger partial charge in [-0.15, -0.1) is 0 Å². The number of halogens is 5. The zero-order valence-electron chi connectivity index (χ0n) is 14.7. The third-order valence-corrected chi connectivity index (χ3v) is 5.92. The molecule has 1 heterocycles. The van der Waals surface area contributed by atoms with E-state index in [0.717, 1.165) is 24.3 Å². The zero-order valence-corrected chi connectivity index (χ0v) is 15.5. The first-order chi connectivity index (χ1) is 13.6. The molecule has 0 aliphatic carbocycles. The van der Waals surface area contributed by atoms with Crippen LogP contribution >= 0.6 is 0 Å². The van der Waals surface area contributed by atoms with Crippen LogP contribution in [0.3, 0.4) is 0 Å². The summed E-state index contributed by atoms with van der Waals surface area (Å²) in [6.07, 6.45) is -3.68. The zero-order chi connectivity index (χ0) is 21.2. The van der Waals surface area contributed by atoms with Gasteiger partial charge in [0.25, 0.3) is 0 Å². The van der Waals surface area contributed by atoms with Crippen molar-refractivity contribution >= 4 is 10.0 Å². The normalized spacial score (nSPS) is 12.5. The van der Waals surface area contributed by atoms with Crippen LogP contribution in [0.5, 0.6) is 0 Å². The second-order valence-corrected chi connectivity index (χ2v) is 7.97. The lowest BCUT2D eigenvalue weighted by atomic mass is 10.1. The minimum Gasteiger partial charge on any atom is -0.468 e. The van der Waals surface area contributed by atoms with Gasteiger partial charge in [-0.05, 0) is 30.3 Å². The monoisotopic (exact) mass is 431 g/mol. The number of sulfonamides is 1. The third kappa shape index (κ3) is 4.48. The van der Waals surface area contributed by atoms with Crippen LogP contribution < -0.4 is 0 Å². The molecule has 0 atom stereocenters. The Labute approximate surface area is 163 Å². The molecule has 10 heteroatoms. The Kier molecular flexibility index (Phi) is 5.76. The number of rotatable bonds is 6. The highest BCUT2D eigenvalue weighted by Crippen LogP contribution is 2.33. The van der Waals surface area contributed by atoms with Crippen LogP contribution in [0.2, 0.25) is 0 Å². The molecule has 29 heavy (non-hydrogen) atoms. The van der Waals surface area contributed by atoms with Crippen molar-refractivity contribution in [3.05, 3.63) is 89.4 Å². The second kappa shape index (κ2) is 7.96. The highest BCUT2D eigenvalue weighted by molar-refractivity contribution is 7.89. The summed E-state index contributed by atoms with van der Waals surface area (Å²) in [4.78, 5) is -0.682. The summed E-state index contributed by atoms with van der Waals surface area (Å²) >= 11 is 0. The standard InChI is InChI=1S/C19H14F5NO3S/c20-16-8-1-2-9-17(16)29(26,27)25(12-14-6-4-10-28-14)11-13-5-3-7-15(18(13)21)19(22,23)24/h1-10H,11-12H2. The first-order valence-electron chi connectivity index (χ1n) is 8.22. The van der Waals surface area contributed by atoms with Crippen LogP contribution in [-0.2, 0) is 29.3 Å². The van der Waals surface area contributed by atoms with Gasteiger partial charge < -0.3 is 4.42 Å². The van der Waals surface area contributed by atoms with Gasteiger partial charge in [0.15, 0.2) is 0 Å². The van der Waals surface area contributed by atoms with E-state index in [9.17, 15) is 30.4 Å². The predicted octanol–water partition coefficient (Wildman–Crippen LogP) is 4.97. The molecule has 0 aliphatic rings. The molecule has 0 radical (unpaired) electrons. The Bertz CT molecular complexity index is 1100. The molecule has 0 unspecified atom stereocenters. The van der Waals surface area contributed by atoms with Crippen LogP contribution in [0.1, 0.15) is 16.9 Å². The van der Waals surface area contributed by atoms with Crippen molar-refractivity contribution < 1.29 is 34.8 Å². The van der Waals surface area contributed by atoms with Crippen molar-refractivity contribution in [3.8, 4) is 0 Å². The van der Waals surface area contributed by atoms with E-state index in [2.05, 4.69) is 0 Å². The summed E-state index contributed by atoms with van der Waals surface area (Å²) in [5, 5.41) is 0. The molecule has 0 fully saturated rings. The Morgan fingerprint density at radius 3 is 2.24 bits per heavy atom. The minimum absolute atomic E-state index is 0.150. The highest BCUT2D eigenvalue weighted by atomic mass is 32.2. The van der Waals surface area contributed by atoms with Crippen molar-refractivity contribution in [2.24, 2.45) is 0 Å². The van der Waals surface area contributed by atoms with Crippen LogP contribution in [-0.4, -0.2) is 12.7 Å². The lowest BCUT2D eigenvalue weighted by Crippen LogP contribution is -2.31. The average molecular weight is 431 g/mol. The molecule has 0 amide bonds. The summed E-state index contributed by atoms with van der Waals surface area (Å²) in [5.74, 6) is -2.48. The molecule has 2 aromatic carbocycles. The quantitative estimate of drug-likeness (QED) is 0.518. The molecule has 4 nitrogen and oxygen atoms in total. The van der Waals surface area contributed by atoms with Gasteiger partial charge in [0.05, 0.1) is 18.4 Å². The van der Waals surface area contributed by atoms with Crippen molar-refractivity contribution in [1.82, 2.24) is 4.31 Å². The Balaban J connectivity index is 2.05. The van der Waals surface area contributed by atoms with E-state index in [4.69, 9.17) is 4.42 Å². The summed E-state index contributed by atoms with van der Waals surface area (Å²) in [6, 6.07) is 10.0. The van der Waals surface area contributed by atoms with Gasteiger partial charge in [-0.1, -0.05) is 24.3 Å². The summed E-state index contributed by atoms with van der Waals surface area (Å²) in [6.45, 7) is -1.19. The average Bonchev–Trinajstić information content (AvgIpc) is 3.15. The van der Waals surface area contributed by atoms with Crippen molar-refractivity contribution in [3.63, 3.8) is 0 Å². The van der Waals surface area contributed by atoms with Gasteiger partial charge in [0, 0.05) is 12.1 Å². The van der Waals surface area contributed by atoms with E-state index in [1.54, 1.807) is 0 Å². The molecular formula is C19H14F5NO3S. The van der Waals surface area contributed by atoms with E-state index in [1.807, 2.05) is 0 Å². The lowest BCUT2D eigenvalue weighted by Gasteiger charge is -2.22. The van der Waals surface area contributed by atoms with Crippen LogP contribution in [0.4, 0.5) is 22.0 Å². The fraction of sp³-hybridized carbons (Fsp3) is 0.158. The largest absolute Gasteiger partial charge is 0.468 e. The number of nitrogens with zero attached hydrogens (tertiary/aromatic N) is 1. The molecule has 154 valence electrons. The van der Waals surface area contributed by atoms with Gasteiger partial charge in [0.1, 0.15) is 22.3 Å². The van der Waals surface area contributed by atoms with Crippen LogP contribution in [0.25, 0.3) is 0 Å². The van der Waals surface area contributed by atoms with E-state index < -0.39 is 56.9 Å². The fourth-order valence-electron chi connectivity index (χ4n) is 2.71. The topological polar surface area (TPSA) is 50.5 Å². The first kappa shape index (κ1) is 21.0. The predicted molar refractivity (Wildman–Crippen MR) is 92.9 cm³/mol. The molecule has 0 saturated heterocycles. The SMILES string of the molecule is O=S(=O)(c1ccccc1F)N(Cc1ccco1)Cc1cccc(C(F)(F)F)c1F. The van der Waals surface area contributed by atoms with Gasteiger partial charge in [-0.25, -0.2) is 17.2 Å². The van der Waals surface area contributed by atoms with Gasteiger partial charge in [-0.2, -0.15) is 17.5 Å². The summed E-state index contributed by atoms with van der Waals surface area (Å²) in [5.41, 5.74) is -2.03. The Morgan fingerprint density at radius 1 is 0.897 bits per heavy atom. The van der Waals surface area contributed by atoms with Crippen molar-refractivity contribution in [2.45, 2.75) is 24.2 Å². The van der Waals surface area contributed by atoms with E-state index >= 15 is 0 Å². The second-order valence-electron chi connectivity index (χ2n) is 6.06. The maximum Gasteiger partial charge on any atom is 0.419 e. The fourth-order valence-corrected chi connectivity index (χ4v) is 4.16. The van der Waals surface area contributed by atoms with E-state index in [0.29, 0.717) is 10.4 Å². The number of furan rings is 1. The number of benzene rings is 2. The van der Waals surface area contributed by atoms with Crippen LogP contribution in [0, 0.1) is 11.6 Å². The van der Waals surface area contributed by atoms with Crippen LogP contribution in [0.15, 0.2) is 70.2 Å². The molecule has 0 saturated carbocycles. The first-order valence-corrected chi connectivity index (χ1v) is 9.66. The Morgan fingerprint density at radius 2 is 1.62 bits per heavy atom. The molecule has 0 aliphatic heterocycles. The molecule has 3 aromatic rings. The lowest BCUT2D eigenvalue weighted by molar-refractivity contribution is -0.140. The number of alkyl halides is 3. The third-order valence-electron chi connectivity index (χ3n) is 4.10. The molecule has 0 spiro atoms. The summed E-state index contributed by atoms with van der Waals surface area (Å²) in [7, 11) is -4.52. The molecule has 3 rings (SSSR count). The van der Waals surface area contributed by atoms with E-state index in [1.165, 1.54) is 30.5 Å². The minimum atomic E-state index is -4.95. The molecule has 1 aromatic heterocycles. The smallest absolute Gasteiger partial charge is 0.419 e. The maximum atomic E-state index is 14.4. The van der Waals surface area contributed by atoms with E-state index in [-0.39, 0.29) is 5.76 Å². The Hall–Kier alpha value is -2.72. The molecule has 0 bridgehead atoms. The van der Waals surface area contributed by atoms with Crippen molar-refractivity contribution in [2.75, 3.05) is 0 Å². The maximum absolute atomic E-state index is 14.4. The van der Waals surface area contributed by atoms with Gasteiger partial charge in [0.2, 0.25) is 10.0 Å². The molecule has 0 N–H and O–H groups in total. The number of hydrogen-bond donors (Lipinski definition) is 0. The van der Waals surface area contributed by atoms with Gasteiger partial charge >= 0.3 is 6.18 Å². The highest BCUT2D eigenvalue weighted by Gasteiger charge is 2.36.